The largest absolute Gasteiger partial charge is 0.289 e. The maximum atomic E-state index is 11.8. The Morgan fingerprint density at radius 3 is 1.68 bits per heavy atom. The molecule has 3 fully saturated rings. The van der Waals surface area contributed by atoms with E-state index in [1.165, 1.54) is 102 Å². The Bertz CT molecular complexity index is 692. The summed E-state index contributed by atoms with van der Waals surface area (Å²) in [5.74, 6) is 5.85. The molecule has 0 unspecified atom stereocenters. The smallest absolute Gasteiger partial charge is 0.185 e. The van der Waals surface area contributed by atoms with E-state index in [2.05, 4.69) is 25.6 Å². The molecule has 3 aliphatic rings. The Labute approximate surface area is 191 Å². The fraction of sp³-hybridized carbons (Fsp3) is 0.700. The first-order valence-corrected chi connectivity index (χ1v) is 13.4. The summed E-state index contributed by atoms with van der Waals surface area (Å²) < 4.78 is 0. The highest BCUT2D eigenvalue weighted by atomic mass is 16.1. The molecule has 170 valence electrons. The van der Waals surface area contributed by atoms with Crippen LogP contribution in [-0.2, 0) is 0 Å². The second-order valence-electron chi connectivity index (χ2n) is 11.0. The van der Waals surface area contributed by atoms with Crippen molar-refractivity contribution in [3.05, 3.63) is 48.0 Å². The Balaban J connectivity index is 1.20. The molecule has 3 aliphatic carbocycles. The first-order valence-electron chi connectivity index (χ1n) is 13.4. The summed E-state index contributed by atoms with van der Waals surface area (Å²) >= 11 is 0. The number of hydrogen-bond acceptors (Lipinski definition) is 1. The molecule has 0 radical (unpaired) electrons. The molecule has 0 aliphatic heterocycles. The molecule has 0 bridgehead atoms. The van der Waals surface area contributed by atoms with Crippen molar-refractivity contribution >= 4 is 5.78 Å². The highest BCUT2D eigenvalue weighted by molar-refractivity contribution is 6.04. The molecular weight excluding hydrogens is 376 g/mol. The molecule has 0 saturated heterocycles. The van der Waals surface area contributed by atoms with Gasteiger partial charge in [-0.3, -0.25) is 4.79 Å². The van der Waals surface area contributed by atoms with Crippen molar-refractivity contribution in [2.45, 2.75) is 103 Å². The highest BCUT2D eigenvalue weighted by Gasteiger charge is 2.34. The van der Waals surface area contributed by atoms with Gasteiger partial charge in [0.2, 0.25) is 0 Å². The fourth-order valence-corrected chi connectivity index (χ4v) is 7.41. The number of carbonyl (C=O) groups excluding carboxylic acids is 1. The average molecular weight is 421 g/mol. The van der Waals surface area contributed by atoms with Gasteiger partial charge in [-0.1, -0.05) is 63.5 Å². The molecule has 0 atom stereocenters. The van der Waals surface area contributed by atoms with Crippen molar-refractivity contribution < 1.29 is 4.79 Å². The molecule has 4 rings (SSSR count). The predicted molar refractivity (Wildman–Crippen MR) is 131 cm³/mol. The Morgan fingerprint density at radius 1 is 0.774 bits per heavy atom. The molecule has 0 aromatic heterocycles. The summed E-state index contributed by atoms with van der Waals surface area (Å²) in [4.78, 5) is 11.8. The second-order valence-corrected chi connectivity index (χ2v) is 11.0. The Hall–Kier alpha value is -1.37. The number of carbonyl (C=O) groups is 1. The van der Waals surface area contributed by atoms with Gasteiger partial charge in [-0.2, -0.15) is 0 Å². The van der Waals surface area contributed by atoms with Gasteiger partial charge in [-0.15, -0.1) is 0 Å². The topological polar surface area (TPSA) is 17.1 Å². The van der Waals surface area contributed by atoms with Crippen LogP contribution in [0.25, 0.3) is 0 Å². The van der Waals surface area contributed by atoms with E-state index in [9.17, 15) is 4.79 Å². The van der Waals surface area contributed by atoms with Crippen molar-refractivity contribution in [3.8, 4) is 0 Å². The first-order chi connectivity index (χ1) is 15.2. The molecule has 31 heavy (non-hydrogen) atoms. The van der Waals surface area contributed by atoms with E-state index in [-0.39, 0.29) is 5.78 Å². The highest BCUT2D eigenvalue weighted by Crippen LogP contribution is 2.47. The molecular formula is C30H44O. The van der Waals surface area contributed by atoms with Crippen LogP contribution < -0.4 is 0 Å². The quantitative estimate of drug-likeness (QED) is 0.318. The van der Waals surface area contributed by atoms with Crippen LogP contribution in [0.2, 0.25) is 0 Å². The average Bonchev–Trinajstić information content (AvgIpc) is 2.85. The molecule has 0 amide bonds. The van der Waals surface area contributed by atoms with E-state index >= 15 is 0 Å². The summed E-state index contributed by atoms with van der Waals surface area (Å²) in [7, 11) is 0. The van der Waals surface area contributed by atoms with Gasteiger partial charge in [0, 0.05) is 5.56 Å². The van der Waals surface area contributed by atoms with Gasteiger partial charge in [0.05, 0.1) is 0 Å². The third-order valence-electron chi connectivity index (χ3n) is 9.36. The van der Waals surface area contributed by atoms with Crippen LogP contribution >= 0.6 is 0 Å². The van der Waals surface area contributed by atoms with E-state index in [0.29, 0.717) is 5.92 Å². The monoisotopic (exact) mass is 420 g/mol. The van der Waals surface area contributed by atoms with Crippen molar-refractivity contribution in [1.29, 1.82) is 0 Å². The lowest BCUT2D eigenvalue weighted by Crippen LogP contribution is -2.29. The van der Waals surface area contributed by atoms with Gasteiger partial charge >= 0.3 is 0 Å². The molecule has 1 heteroatoms. The number of ketones is 1. The minimum Gasteiger partial charge on any atom is -0.289 e. The van der Waals surface area contributed by atoms with Gasteiger partial charge in [0.1, 0.15) is 0 Å². The van der Waals surface area contributed by atoms with Crippen LogP contribution in [0.5, 0.6) is 0 Å². The maximum absolute atomic E-state index is 11.8. The second kappa shape index (κ2) is 11.0. The zero-order chi connectivity index (χ0) is 21.6. The van der Waals surface area contributed by atoms with E-state index in [1.807, 2.05) is 12.1 Å². The minimum absolute atomic E-state index is 0.0277. The van der Waals surface area contributed by atoms with Crippen molar-refractivity contribution in [3.63, 3.8) is 0 Å². The lowest BCUT2D eigenvalue weighted by molar-refractivity contribution is 0.104. The predicted octanol–water partition coefficient (Wildman–Crippen LogP) is 8.74. The summed E-state index contributed by atoms with van der Waals surface area (Å²) in [6.07, 6.45) is 21.9. The van der Waals surface area contributed by atoms with E-state index in [1.54, 1.807) is 0 Å². The van der Waals surface area contributed by atoms with Gasteiger partial charge in [-0.25, -0.2) is 0 Å². The van der Waals surface area contributed by atoms with E-state index in [0.717, 1.165) is 35.2 Å². The van der Waals surface area contributed by atoms with Crippen LogP contribution in [0.4, 0.5) is 0 Å². The van der Waals surface area contributed by atoms with Gasteiger partial charge < -0.3 is 0 Å². The van der Waals surface area contributed by atoms with Crippen LogP contribution in [0.1, 0.15) is 119 Å². The SMILES string of the molecule is C=CC(=O)c1ccc(C2CCC(C3CCC(C4CCC(CCC)CC4)CC3)CC2)cc1. The zero-order valence-corrected chi connectivity index (χ0v) is 19.9. The molecule has 0 heterocycles. The summed E-state index contributed by atoms with van der Waals surface area (Å²) in [5, 5.41) is 0. The van der Waals surface area contributed by atoms with Crippen LogP contribution in [-0.4, -0.2) is 5.78 Å². The normalized spacial score (nSPS) is 34.2. The third-order valence-corrected chi connectivity index (χ3v) is 9.36. The van der Waals surface area contributed by atoms with E-state index < -0.39 is 0 Å². The van der Waals surface area contributed by atoms with E-state index in [4.69, 9.17) is 0 Å². The molecule has 0 spiro atoms. The summed E-state index contributed by atoms with van der Waals surface area (Å²) in [5.41, 5.74) is 2.20. The minimum atomic E-state index is 0.0277. The third kappa shape index (κ3) is 5.71. The van der Waals surface area contributed by atoms with Crippen molar-refractivity contribution in [2.24, 2.45) is 29.6 Å². The van der Waals surface area contributed by atoms with Crippen LogP contribution in [0.15, 0.2) is 36.9 Å². The molecule has 3 saturated carbocycles. The number of benzene rings is 1. The Kier molecular flexibility index (Phi) is 8.07. The Morgan fingerprint density at radius 2 is 1.23 bits per heavy atom. The standard InChI is InChI=1S/C30H44O/c1-3-5-22-6-8-23(9-7-22)24-10-12-25(13-11-24)26-14-16-27(17-15-26)28-18-20-29(21-19-28)30(31)4-2/h4,18-27H,2-3,5-17H2,1H3. The van der Waals surface area contributed by atoms with Gasteiger partial charge in [-0.05, 0) is 111 Å². The van der Waals surface area contributed by atoms with Crippen molar-refractivity contribution in [2.75, 3.05) is 0 Å². The van der Waals surface area contributed by atoms with Gasteiger partial charge in [0.25, 0.3) is 0 Å². The molecule has 0 N–H and O–H groups in total. The van der Waals surface area contributed by atoms with Crippen LogP contribution in [0.3, 0.4) is 0 Å². The number of hydrogen-bond donors (Lipinski definition) is 0. The molecule has 1 nitrogen and oxygen atoms in total. The maximum Gasteiger partial charge on any atom is 0.185 e. The summed E-state index contributed by atoms with van der Waals surface area (Å²) in [6.45, 7) is 5.94. The molecule has 1 aromatic rings. The lowest BCUT2D eigenvalue weighted by Gasteiger charge is -2.41. The number of allylic oxidation sites excluding steroid dienone is 1. The van der Waals surface area contributed by atoms with Gasteiger partial charge in [0.15, 0.2) is 5.78 Å². The molecule has 1 aromatic carbocycles. The number of rotatable bonds is 7. The fourth-order valence-electron chi connectivity index (χ4n) is 7.41. The first kappa shape index (κ1) is 22.8. The summed E-state index contributed by atoms with van der Waals surface area (Å²) in [6, 6.07) is 8.34. The van der Waals surface area contributed by atoms with Crippen LogP contribution in [0, 0.1) is 29.6 Å². The van der Waals surface area contributed by atoms with Crippen molar-refractivity contribution in [1.82, 2.24) is 0 Å². The zero-order valence-electron chi connectivity index (χ0n) is 19.9. The lowest BCUT2D eigenvalue weighted by atomic mass is 9.64.